The van der Waals surface area contributed by atoms with Crippen molar-refractivity contribution in [3.8, 4) is 23.3 Å². The number of benzene rings is 1. The van der Waals surface area contributed by atoms with Crippen molar-refractivity contribution in [3.05, 3.63) is 41.5 Å². The zero-order valence-corrected chi connectivity index (χ0v) is 24.1. The van der Waals surface area contributed by atoms with Crippen LogP contribution in [0.5, 0.6) is 0 Å². The quantitative estimate of drug-likeness (QED) is 0.172. The molecule has 0 saturated heterocycles. The van der Waals surface area contributed by atoms with Gasteiger partial charge < -0.3 is 9.16 Å². The Labute approximate surface area is 204 Å². The Morgan fingerprint density at radius 1 is 1.06 bits per heavy atom. The highest BCUT2D eigenvalue weighted by atomic mass is 28.4. The maximum Gasteiger partial charge on any atom is 0.304 e. The van der Waals surface area contributed by atoms with Crippen LogP contribution >= 0.6 is 0 Å². The van der Waals surface area contributed by atoms with E-state index in [4.69, 9.17) is 9.16 Å². The highest BCUT2D eigenvalue weighted by molar-refractivity contribution is 6.83. The molecule has 0 spiro atoms. The van der Waals surface area contributed by atoms with Gasteiger partial charge in [0.25, 0.3) is 0 Å². The molecule has 0 heterocycles. The first kappa shape index (κ1) is 29.0. The molecule has 1 atom stereocenters. The van der Waals surface area contributed by atoms with Crippen molar-refractivity contribution < 1.29 is 14.0 Å². The van der Waals surface area contributed by atoms with Crippen molar-refractivity contribution in [1.29, 1.82) is 0 Å². The Bertz CT molecular complexity index is 912. The third-order valence-electron chi connectivity index (χ3n) is 5.47. The van der Waals surface area contributed by atoms with E-state index in [0.29, 0.717) is 0 Å². The lowest BCUT2D eigenvalue weighted by molar-refractivity contribution is -0.142. The summed E-state index contributed by atoms with van der Waals surface area (Å²) in [6, 6.07) is 9.96. The smallest absolute Gasteiger partial charge is 0.304 e. The number of hydrogen-bond donors (Lipinski definition) is 0. The Kier molecular flexibility index (Phi) is 11.4. The van der Waals surface area contributed by atoms with E-state index in [0.717, 1.165) is 37.0 Å². The number of unbranched alkanes of at least 4 members (excludes halogenated alkanes) is 2. The van der Waals surface area contributed by atoms with Gasteiger partial charge in [0.05, 0.1) is 5.57 Å². The number of carbonyl (C=O) groups is 1. The van der Waals surface area contributed by atoms with E-state index < -0.39 is 22.5 Å². The van der Waals surface area contributed by atoms with Crippen molar-refractivity contribution in [2.24, 2.45) is 0 Å². The van der Waals surface area contributed by atoms with E-state index >= 15 is 0 Å². The molecule has 1 unspecified atom stereocenters. The number of esters is 1. The predicted octanol–water partition coefficient (Wildman–Crippen LogP) is 7.08. The number of rotatable bonds is 8. The van der Waals surface area contributed by atoms with Crippen LogP contribution in [0.3, 0.4) is 0 Å². The van der Waals surface area contributed by atoms with Crippen LogP contribution in [-0.4, -0.2) is 35.1 Å². The lowest BCUT2D eigenvalue weighted by Gasteiger charge is -2.36. The molecule has 1 rings (SSSR count). The van der Waals surface area contributed by atoms with Crippen molar-refractivity contribution in [2.75, 3.05) is 6.61 Å². The summed E-state index contributed by atoms with van der Waals surface area (Å²) in [4.78, 5) is 11.8. The average Bonchev–Trinajstić information content (AvgIpc) is 2.68. The maximum atomic E-state index is 11.8. The van der Waals surface area contributed by atoms with Crippen molar-refractivity contribution in [3.63, 3.8) is 0 Å². The van der Waals surface area contributed by atoms with Crippen LogP contribution in [0, 0.1) is 23.3 Å². The first-order valence-electron chi connectivity index (χ1n) is 11.8. The van der Waals surface area contributed by atoms with Gasteiger partial charge in [0.15, 0.2) is 14.4 Å². The van der Waals surface area contributed by atoms with Gasteiger partial charge in [0.1, 0.15) is 8.07 Å². The summed E-state index contributed by atoms with van der Waals surface area (Å²) in [6.45, 7) is 20.1. The van der Waals surface area contributed by atoms with Gasteiger partial charge in [0.2, 0.25) is 0 Å². The van der Waals surface area contributed by atoms with Crippen molar-refractivity contribution >= 4 is 28.4 Å². The van der Waals surface area contributed by atoms with Gasteiger partial charge in [-0.25, -0.2) is 0 Å². The Balaban J connectivity index is 2.92. The standard InChI is InChI=1S/C28H42O3Si2/c1-24(29)31-27(19-15-10-11-16-21-30-33(8,9)28(2,3)4)26(20-22-32(5,6)7)23-25-17-13-12-14-18-25/h12-14,17-18,23,27H,10-11,16,21H2,1-9H3/b26-23+. The fraction of sp³-hybridized carbons (Fsp3) is 0.536. The molecule has 5 heteroatoms. The monoisotopic (exact) mass is 482 g/mol. The molecule has 0 aliphatic heterocycles. The van der Waals surface area contributed by atoms with Gasteiger partial charge in [0, 0.05) is 20.0 Å². The first-order valence-corrected chi connectivity index (χ1v) is 18.2. The molecule has 0 aliphatic carbocycles. The molecule has 0 aliphatic rings. The third kappa shape index (κ3) is 12.1. The Morgan fingerprint density at radius 2 is 1.70 bits per heavy atom. The highest BCUT2D eigenvalue weighted by Gasteiger charge is 2.36. The summed E-state index contributed by atoms with van der Waals surface area (Å²) in [5.74, 6) is 9.30. The molecule has 0 radical (unpaired) electrons. The Hall–Kier alpha value is -2.06. The molecule has 1 aromatic rings. The number of ether oxygens (including phenoxy) is 1. The SMILES string of the molecule is CC(=O)OC(C#CCCCCO[Si](C)(C)C(C)(C)C)/C(C#C[Si](C)(C)C)=C/c1ccccc1. The van der Waals surface area contributed by atoms with Crippen molar-refractivity contribution in [1.82, 2.24) is 0 Å². The van der Waals surface area contributed by atoms with Crippen LogP contribution in [0.15, 0.2) is 35.9 Å². The topological polar surface area (TPSA) is 35.5 Å². The summed E-state index contributed by atoms with van der Waals surface area (Å²) in [5.41, 5.74) is 5.13. The molecule has 0 amide bonds. The van der Waals surface area contributed by atoms with Gasteiger partial charge in [-0.05, 0) is 42.6 Å². The zero-order valence-electron chi connectivity index (χ0n) is 22.1. The molecule has 0 saturated carbocycles. The molecule has 1 aromatic carbocycles. The molecule has 0 bridgehead atoms. The molecule has 0 aromatic heterocycles. The van der Waals surface area contributed by atoms with Gasteiger partial charge in [-0.1, -0.05) is 88.5 Å². The van der Waals surface area contributed by atoms with Crippen LogP contribution < -0.4 is 0 Å². The second-order valence-electron chi connectivity index (χ2n) is 10.9. The van der Waals surface area contributed by atoms with Crippen LogP contribution in [0.4, 0.5) is 0 Å². The largest absolute Gasteiger partial charge is 0.444 e. The van der Waals surface area contributed by atoms with E-state index in [9.17, 15) is 4.79 Å². The maximum absolute atomic E-state index is 11.8. The lowest BCUT2D eigenvalue weighted by atomic mass is 10.1. The third-order valence-corrected chi connectivity index (χ3v) is 10.9. The van der Waals surface area contributed by atoms with Crippen LogP contribution in [0.2, 0.25) is 37.8 Å². The molecule has 33 heavy (non-hydrogen) atoms. The van der Waals surface area contributed by atoms with E-state index in [1.165, 1.54) is 6.92 Å². The summed E-state index contributed by atoms with van der Waals surface area (Å²) < 4.78 is 11.8. The van der Waals surface area contributed by atoms with E-state index in [1.54, 1.807) is 0 Å². The normalized spacial score (nSPS) is 13.3. The number of carbonyl (C=O) groups excluding carboxylic acids is 1. The number of hydrogen-bond acceptors (Lipinski definition) is 3. The highest BCUT2D eigenvalue weighted by Crippen LogP contribution is 2.36. The van der Waals surface area contributed by atoms with Gasteiger partial charge in [-0.2, -0.15) is 0 Å². The lowest BCUT2D eigenvalue weighted by Crippen LogP contribution is -2.40. The molecule has 180 valence electrons. The summed E-state index contributed by atoms with van der Waals surface area (Å²) in [6.07, 6.45) is 3.98. The zero-order chi connectivity index (χ0) is 25.1. The van der Waals surface area contributed by atoms with Crippen LogP contribution in [-0.2, 0) is 14.0 Å². The van der Waals surface area contributed by atoms with E-state index in [-0.39, 0.29) is 11.0 Å². The fourth-order valence-electron chi connectivity index (χ4n) is 2.53. The van der Waals surface area contributed by atoms with E-state index in [1.807, 2.05) is 36.4 Å². The minimum absolute atomic E-state index is 0.225. The molecule has 0 fully saturated rings. The fourth-order valence-corrected chi connectivity index (χ4v) is 4.13. The molecule has 3 nitrogen and oxygen atoms in total. The summed E-state index contributed by atoms with van der Waals surface area (Å²) >= 11 is 0. The van der Waals surface area contributed by atoms with Crippen LogP contribution in [0.1, 0.15) is 52.5 Å². The first-order chi connectivity index (χ1) is 15.2. The average molecular weight is 483 g/mol. The van der Waals surface area contributed by atoms with E-state index in [2.05, 4.69) is 76.8 Å². The van der Waals surface area contributed by atoms with Gasteiger partial charge >= 0.3 is 5.97 Å². The van der Waals surface area contributed by atoms with Gasteiger partial charge in [-0.15, -0.1) is 5.54 Å². The van der Waals surface area contributed by atoms with Gasteiger partial charge in [-0.3, -0.25) is 4.79 Å². The minimum atomic E-state index is -1.70. The molecule has 0 N–H and O–H groups in total. The minimum Gasteiger partial charge on any atom is -0.444 e. The Morgan fingerprint density at radius 3 is 2.24 bits per heavy atom. The molecular formula is C28H42O3Si2. The second-order valence-corrected chi connectivity index (χ2v) is 20.4. The van der Waals surface area contributed by atoms with Crippen LogP contribution in [0.25, 0.3) is 6.08 Å². The predicted molar refractivity (Wildman–Crippen MR) is 146 cm³/mol. The van der Waals surface area contributed by atoms with Crippen molar-refractivity contribution in [2.45, 2.75) is 90.8 Å². The molecular weight excluding hydrogens is 440 g/mol. The summed E-state index contributed by atoms with van der Waals surface area (Å²) in [5, 5.41) is 0.225. The summed E-state index contributed by atoms with van der Waals surface area (Å²) in [7, 11) is -3.31. The second kappa shape index (κ2) is 13.0.